The maximum atomic E-state index is 5.76. The molecule has 0 radical (unpaired) electrons. The number of nitrogens with one attached hydrogen (secondary N) is 1. The summed E-state index contributed by atoms with van der Waals surface area (Å²) < 4.78 is 11.2. The van der Waals surface area contributed by atoms with Gasteiger partial charge in [0.1, 0.15) is 0 Å². The monoisotopic (exact) mass is 474 g/mol. The van der Waals surface area contributed by atoms with E-state index < -0.39 is 0 Å². The predicted molar refractivity (Wildman–Crippen MR) is 114 cm³/mol. The molecule has 0 aromatic carbocycles. The summed E-state index contributed by atoms with van der Waals surface area (Å²) in [4.78, 5) is 11.3. The molecule has 7 heteroatoms. The Balaban J connectivity index is 0.00000243. The first-order valence-corrected chi connectivity index (χ1v) is 9.39. The summed E-state index contributed by atoms with van der Waals surface area (Å²) in [6.07, 6.45) is 5.51. The van der Waals surface area contributed by atoms with Crippen LogP contribution in [0.3, 0.4) is 0 Å². The Kier molecular flexibility index (Phi) is 8.90. The Labute approximate surface area is 173 Å². The fourth-order valence-corrected chi connectivity index (χ4v) is 2.95. The van der Waals surface area contributed by atoms with Gasteiger partial charge >= 0.3 is 0 Å². The van der Waals surface area contributed by atoms with Gasteiger partial charge in [-0.1, -0.05) is 0 Å². The van der Waals surface area contributed by atoms with E-state index in [0.29, 0.717) is 18.3 Å². The number of ether oxygens (including phenoxy) is 2. The highest BCUT2D eigenvalue weighted by molar-refractivity contribution is 14.0. The molecule has 1 aromatic heterocycles. The first-order valence-electron chi connectivity index (χ1n) is 9.39. The van der Waals surface area contributed by atoms with Crippen LogP contribution < -0.4 is 10.1 Å². The minimum atomic E-state index is 0. The van der Waals surface area contributed by atoms with Crippen LogP contribution in [0.25, 0.3) is 0 Å². The molecule has 1 aromatic rings. The van der Waals surface area contributed by atoms with Crippen LogP contribution in [0.2, 0.25) is 0 Å². The van der Waals surface area contributed by atoms with E-state index in [1.54, 1.807) is 6.20 Å². The minimum Gasteiger partial charge on any atom is -0.477 e. The van der Waals surface area contributed by atoms with Crippen molar-refractivity contribution in [3.05, 3.63) is 23.9 Å². The standard InChI is InChI=1S/C19H30N4O2.HI/c1-3-20-19(23(2)12-17-7-9-24-13-17)22-11-16-6-8-21-18(10-16)25-14-15-4-5-15;/h6,8,10,15,17H,3-5,7,9,11-14H2,1-2H3,(H,20,22);1H. The molecule has 1 N–H and O–H groups in total. The van der Waals surface area contributed by atoms with E-state index >= 15 is 0 Å². The molecule has 0 bridgehead atoms. The number of hydrogen-bond donors (Lipinski definition) is 1. The van der Waals surface area contributed by atoms with Crippen molar-refractivity contribution in [3.63, 3.8) is 0 Å². The molecule has 0 amide bonds. The van der Waals surface area contributed by atoms with E-state index in [1.165, 1.54) is 12.8 Å². The summed E-state index contributed by atoms with van der Waals surface area (Å²) >= 11 is 0. The molecule has 1 saturated heterocycles. The average Bonchev–Trinajstić information content (AvgIpc) is 3.32. The van der Waals surface area contributed by atoms with E-state index in [1.807, 2.05) is 12.1 Å². The van der Waals surface area contributed by atoms with Crippen LogP contribution in [0.1, 0.15) is 31.7 Å². The molecule has 1 aliphatic heterocycles. The third-order valence-corrected chi connectivity index (χ3v) is 4.63. The van der Waals surface area contributed by atoms with Crippen LogP contribution in [0, 0.1) is 11.8 Å². The number of rotatable bonds is 8. The summed E-state index contributed by atoms with van der Waals surface area (Å²) in [5, 5.41) is 3.38. The summed E-state index contributed by atoms with van der Waals surface area (Å²) in [5.74, 6) is 2.97. The van der Waals surface area contributed by atoms with Crippen molar-refractivity contribution in [2.45, 2.75) is 32.7 Å². The molecule has 1 atom stereocenters. The number of guanidine groups is 1. The molecule has 2 aliphatic rings. The number of hydrogen-bond acceptors (Lipinski definition) is 4. The molecule has 1 unspecified atom stereocenters. The van der Waals surface area contributed by atoms with E-state index in [0.717, 1.165) is 56.8 Å². The summed E-state index contributed by atoms with van der Waals surface area (Å²) in [6.45, 7) is 7.07. The van der Waals surface area contributed by atoms with Crippen molar-refractivity contribution in [3.8, 4) is 5.88 Å². The average molecular weight is 474 g/mol. The van der Waals surface area contributed by atoms with Crippen LogP contribution >= 0.6 is 24.0 Å². The predicted octanol–water partition coefficient (Wildman–Crippen LogP) is 2.92. The van der Waals surface area contributed by atoms with Crippen LogP contribution in [-0.2, 0) is 11.3 Å². The Morgan fingerprint density at radius 3 is 2.92 bits per heavy atom. The first kappa shape index (κ1) is 21.2. The zero-order valence-corrected chi connectivity index (χ0v) is 18.1. The van der Waals surface area contributed by atoms with Gasteiger partial charge in [-0.2, -0.15) is 0 Å². The highest BCUT2D eigenvalue weighted by atomic mass is 127. The van der Waals surface area contributed by atoms with Gasteiger partial charge in [0.25, 0.3) is 0 Å². The molecule has 0 spiro atoms. The van der Waals surface area contributed by atoms with E-state index in [2.05, 4.69) is 29.2 Å². The molecular formula is C19H31IN4O2. The Morgan fingerprint density at radius 2 is 2.23 bits per heavy atom. The van der Waals surface area contributed by atoms with E-state index in [-0.39, 0.29) is 24.0 Å². The highest BCUT2D eigenvalue weighted by Gasteiger charge is 2.22. The maximum Gasteiger partial charge on any atom is 0.213 e. The van der Waals surface area contributed by atoms with Crippen LogP contribution in [0.15, 0.2) is 23.3 Å². The van der Waals surface area contributed by atoms with E-state index in [9.17, 15) is 0 Å². The molecule has 1 saturated carbocycles. The van der Waals surface area contributed by atoms with Crippen molar-refractivity contribution >= 4 is 29.9 Å². The summed E-state index contributed by atoms with van der Waals surface area (Å²) in [6, 6.07) is 4.00. The Hall–Kier alpha value is -1.09. The van der Waals surface area contributed by atoms with Crippen molar-refractivity contribution in [1.29, 1.82) is 0 Å². The van der Waals surface area contributed by atoms with Gasteiger partial charge in [-0.25, -0.2) is 9.98 Å². The van der Waals surface area contributed by atoms with Crippen molar-refractivity contribution in [1.82, 2.24) is 15.2 Å². The third kappa shape index (κ3) is 6.90. The summed E-state index contributed by atoms with van der Waals surface area (Å²) in [7, 11) is 2.09. The Bertz CT molecular complexity index is 574. The molecule has 3 rings (SSSR count). The molecule has 1 aliphatic carbocycles. The van der Waals surface area contributed by atoms with Gasteiger partial charge in [0.05, 0.1) is 19.8 Å². The topological polar surface area (TPSA) is 59.0 Å². The quantitative estimate of drug-likeness (QED) is 0.357. The second-order valence-electron chi connectivity index (χ2n) is 7.04. The Morgan fingerprint density at radius 1 is 1.38 bits per heavy atom. The van der Waals surface area contributed by atoms with Gasteiger partial charge < -0.3 is 19.7 Å². The zero-order chi connectivity index (χ0) is 17.5. The fourth-order valence-electron chi connectivity index (χ4n) is 2.95. The van der Waals surface area contributed by atoms with Gasteiger partial charge in [-0.15, -0.1) is 24.0 Å². The fraction of sp³-hybridized carbons (Fsp3) is 0.684. The molecule has 2 fully saturated rings. The number of aliphatic imine (C=N–C) groups is 1. The van der Waals surface area contributed by atoms with Crippen LogP contribution in [-0.4, -0.2) is 55.8 Å². The largest absolute Gasteiger partial charge is 0.477 e. The lowest BCUT2D eigenvalue weighted by Crippen LogP contribution is -2.41. The normalized spacial score (nSPS) is 19.8. The lowest BCUT2D eigenvalue weighted by Gasteiger charge is -2.24. The van der Waals surface area contributed by atoms with E-state index in [4.69, 9.17) is 14.5 Å². The number of aromatic nitrogens is 1. The van der Waals surface area contributed by atoms with Crippen LogP contribution in [0.4, 0.5) is 0 Å². The lowest BCUT2D eigenvalue weighted by atomic mass is 10.1. The first-order chi connectivity index (χ1) is 12.2. The third-order valence-electron chi connectivity index (χ3n) is 4.63. The highest BCUT2D eigenvalue weighted by Crippen LogP contribution is 2.29. The van der Waals surface area contributed by atoms with Crippen LogP contribution in [0.5, 0.6) is 5.88 Å². The molecule has 146 valence electrons. The van der Waals surface area contributed by atoms with Crippen molar-refractivity contribution < 1.29 is 9.47 Å². The maximum absolute atomic E-state index is 5.76. The summed E-state index contributed by atoms with van der Waals surface area (Å²) in [5.41, 5.74) is 1.12. The number of nitrogens with zero attached hydrogens (tertiary/aromatic N) is 3. The number of halogens is 1. The van der Waals surface area contributed by atoms with Crippen molar-refractivity contribution in [2.75, 3.05) is 40.0 Å². The van der Waals surface area contributed by atoms with Gasteiger partial charge in [0, 0.05) is 44.9 Å². The minimum absolute atomic E-state index is 0. The van der Waals surface area contributed by atoms with Crippen molar-refractivity contribution in [2.24, 2.45) is 16.8 Å². The van der Waals surface area contributed by atoms with Gasteiger partial charge in [0.15, 0.2) is 5.96 Å². The van der Waals surface area contributed by atoms with Gasteiger partial charge in [-0.3, -0.25) is 0 Å². The smallest absolute Gasteiger partial charge is 0.213 e. The molecule has 26 heavy (non-hydrogen) atoms. The number of pyridine rings is 1. The molecular weight excluding hydrogens is 443 g/mol. The second-order valence-corrected chi connectivity index (χ2v) is 7.04. The molecule has 6 nitrogen and oxygen atoms in total. The van der Waals surface area contributed by atoms with Gasteiger partial charge in [-0.05, 0) is 43.7 Å². The second kappa shape index (κ2) is 10.9. The van der Waals surface area contributed by atoms with Gasteiger partial charge in [0.2, 0.25) is 5.88 Å². The molecule has 2 heterocycles. The lowest BCUT2D eigenvalue weighted by molar-refractivity contribution is 0.181. The SMILES string of the molecule is CCNC(=NCc1ccnc(OCC2CC2)c1)N(C)CC1CCOC1.I. The zero-order valence-electron chi connectivity index (χ0n) is 15.8.